The SMILES string of the molecule is O/N=C(/N[C@@H]1C2CCN(CC2)C12CC2)c1cc(F)c(Cl)cc1F. The Bertz CT molecular complexity index is 670. The summed E-state index contributed by atoms with van der Waals surface area (Å²) in [6.45, 7) is 2.19. The van der Waals surface area contributed by atoms with Crippen molar-refractivity contribution >= 4 is 17.4 Å². The Morgan fingerprint density at radius 3 is 2.57 bits per heavy atom. The normalized spacial score (nSPS) is 31.4. The van der Waals surface area contributed by atoms with Gasteiger partial charge >= 0.3 is 0 Å². The first-order valence-electron chi connectivity index (χ1n) is 7.94. The fourth-order valence-electron chi connectivity index (χ4n) is 4.33. The van der Waals surface area contributed by atoms with Crippen LogP contribution in [0, 0.1) is 17.6 Å². The maximum absolute atomic E-state index is 14.1. The van der Waals surface area contributed by atoms with E-state index in [9.17, 15) is 14.0 Å². The number of fused-ring (bicyclic) bond motifs is 2. The maximum Gasteiger partial charge on any atom is 0.176 e. The van der Waals surface area contributed by atoms with Gasteiger partial charge < -0.3 is 10.5 Å². The van der Waals surface area contributed by atoms with E-state index in [0.717, 1.165) is 50.9 Å². The molecule has 0 unspecified atom stereocenters. The second kappa shape index (κ2) is 5.31. The average molecular weight is 342 g/mol. The Balaban J connectivity index is 1.64. The molecule has 2 bridgehead atoms. The summed E-state index contributed by atoms with van der Waals surface area (Å²) < 4.78 is 27.8. The van der Waals surface area contributed by atoms with Crippen LogP contribution >= 0.6 is 11.6 Å². The number of benzene rings is 1. The van der Waals surface area contributed by atoms with Crippen molar-refractivity contribution in [1.29, 1.82) is 0 Å². The van der Waals surface area contributed by atoms with Gasteiger partial charge in [-0.15, -0.1) is 0 Å². The second-order valence-corrected chi connectivity index (χ2v) is 7.15. The van der Waals surface area contributed by atoms with Gasteiger partial charge in [0.25, 0.3) is 0 Å². The summed E-state index contributed by atoms with van der Waals surface area (Å²) in [4.78, 5) is 2.48. The summed E-state index contributed by atoms with van der Waals surface area (Å²) in [5.41, 5.74) is 0.0000893. The molecule has 0 radical (unpaired) electrons. The van der Waals surface area contributed by atoms with Gasteiger partial charge in [-0.2, -0.15) is 0 Å². The molecule has 1 atom stereocenters. The molecule has 1 aromatic rings. The molecule has 0 aromatic heterocycles. The number of piperidine rings is 3. The molecule has 1 aromatic carbocycles. The van der Waals surface area contributed by atoms with Crippen LogP contribution < -0.4 is 5.32 Å². The average Bonchev–Trinajstić information content (AvgIpc) is 3.33. The molecule has 2 N–H and O–H groups in total. The van der Waals surface area contributed by atoms with E-state index in [-0.39, 0.29) is 28.0 Å². The summed E-state index contributed by atoms with van der Waals surface area (Å²) in [7, 11) is 0. The summed E-state index contributed by atoms with van der Waals surface area (Å²) >= 11 is 5.59. The van der Waals surface area contributed by atoms with Crippen molar-refractivity contribution in [3.05, 3.63) is 34.4 Å². The van der Waals surface area contributed by atoms with Gasteiger partial charge in [-0.05, 0) is 56.8 Å². The smallest absolute Gasteiger partial charge is 0.176 e. The Kier molecular flexibility index (Phi) is 3.50. The summed E-state index contributed by atoms with van der Waals surface area (Å²) in [5, 5.41) is 15.5. The summed E-state index contributed by atoms with van der Waals surface area (Å²) in [6.07, 6.45) is 4.35. The summed E-state index contributed by atoms with van der Waals surface area (Å²) in [5.74, 6) is -0.994. The van der Waals surface area contributed by atoms with E-state index in [2.05, 4.69) is 15.4 Å². The van der Waals surface area contributed by atoms with Crippen LogP contribution in [0.4, 0.5) is 8.78 Å². The Hall–Kier alpha value is -1.40. The highest BCUT2D eigenvalue weighted by Crippen LogP contribution is 2.53. The zero-order valence-corrected chi connectivity index (χ0v) is 13.3. The number of halogens is 3. The number of nitrogens with zero attached hydrogens (tertiary/aromatic N) is 2. The Labute approximate surface area is 138 Å². The van der Waals surface area contributed by atoms with E-state index in [1.165, 1.54) is 0 Å². The largest absolute Gasteiger partial charge is 0.409 e. The quantitative estimate of drug-likeness (QED) is 0.286. The molecule has 3 heterocycles. The van der Waals surface area contributed by atoms with Crippen molar-refractivity contribution in [2.45, 2.75) is 37.3 Å². The van der Waals surface area contributed by atoms with E-state index < -0.39 is 11.6 Å². The van der Waals surface area contributed by atoms with Gasteiger partial charge in [-0.25, -0.2) is 8.78 Å². The van der Waals surface area contributed by atoms with Gasteiger partial charge in [0.15, 0.2) is 5.84 Å². The third kappa shape index (κ3) is 2.31. The Morgan fingerprint density at radius 1 is 1.26 bits per heavy atom. The highest BCUT2D eigenvalue weighted by atomic mass is 35.5. The van der Waals surface area contributed by atoms with Gasteiger partial charge in [0.1, 0.15) is 11.6 Å². The lowest BCUT2D eigenvalue weighted by molar-refractivity contribution is 0.00442. The van der Waals surface area contributed by atoms with Crippen LogP contribution in [-0.4, -0.2) is 40.6 Å². The molecule has 3 aliphatic heterocycles. The van der Waals surface area contributed by atoms with Crippen molar-refractivity contribution in [3.63, 3.8) is 0 Å². The van der Waals surface area contributed by atoms with Gasteiger partial charge in [-0.3, -0.25) is 4.90 Å². The molecule has 5 rings (SSSR count). The molecule has 3 saturated heterocycles. The predicted molar refractivity (Wildman–Crippen MR) is 82.9 cm³/mol. The van der Waals surface area contributed by atoms with Crippen LogP contribution in [0.25, 0.3) is 0 Å². The minimum absolute atomic E-state index is 0.0249. The summed E-state index contributed by atoms with van der Waals surface area (Å²) in [6, 6.07) is 1.98. The molecule has 7 heteroatoms. The molecule has 1 spiro atoms. The molecule has 4 nitrogen and oxygen atoms in total. The van der Waals surface area contributed by atoms with Crippen LogP contribution in [0.2, 0.25) is 5.02 Å². The van der Waals surface area contributed by atoms with Crippen molar-refractivity contribution in [1.82, 2.24) is 10.2 Å². The standard InChI is InChI=1S/C16H18ClF2N3O/c17-11-8-12(18)10(7-13(11)19)15(21-23)20-14-9-1-5-22(6-2-9)16(14)3-4-16/h7-9,14,23H,1-6H2,(H,20,21)/t14-/m1/s1. The first-order chi connectivity index (χ1) is 11.0. The number of hydrogen-bond donors (Lipinski definition) is 2. The number of amidine groups is 1. The first kappa shape index (κ1) is 15.1. The van der Waals surface area contributed by atoms with E-state index in [1.54, 1.807) is 0 Å². The van der Waals surface area contributed by atoms with Crippen molar-refractivity contribution in [2.24, 2.45) is 11.1 Å². The van der Waals surface area contributed by atoms with Gasteiger partial charge in [0, 0.05) is 11.6 Å². The van der Waals surface area contributed by atoms with Crippen LogP contribution in [-0.2, 0) is 0 Å². The fourth-order valence-corrected chi connectivity index (χ4v) is 4.48. The topological polar surface area (TPSA) is 47.9 Å². The van der Waals surface area contributed by atoms with Crippen LogP contribution in [0.5, 0.6) is 0 Å². The maximum atomic E-state index is 14.1. The van der Waals surface area contributed by atoms with E-state index in [0.29, 0.717) is 5.92 Å². The third-order valence-corrected chi connectivity index (χ3v) is 5.93. The van der Waals surface area contributed by atoms with Crippen molar-refractivity contribution in [3.8, 4) is 0 Å². The first-order valence-corrected chi connectivity index (χ1v) is 8.31. The molecule has 4 fully saturated rings. The van der Waals surface area contributed by atoms with Crippen LogP contribution in [0.15, 0.2) is 17.3 Å². The number of rotatable bonds is 2. The number of hydrogen-bond acceptors (Lipinski definition) is 3. The highest BCUT2D eigenvalue weighted by molar-refractivity contribution is 6.30. The molecule has 124 valence electrons. The van der Waals surface area contributed by atoms with Gasteiger partial charge in [0.05, 0.1) is 10.6 Å². The Morgan fingerprint density at radius 2 is 1.96 bits per heavy atom. The molecular formula is C16H18ClF2N3O. The van der Waals surface area contributed by atoms with E-state index in [4.69, 9.17) is 11.6 Å². The zero-order chi connectivity index (χ0) is 16.2. The van der Waals surface area contributed by atoms with Crippen LogP contribution in [0.1, 0.15) is 31.2 Å². The third-order valence-electron chi connectivity index (χ3n) is 5.64. The number of oxime groups is 1. The molecule has 1 aliphatic carbocycles. The second-order valence-electron chi connectivity index (χ2n) is 6.74. The lowest BCUT2D eigenvalue weighted by Gasteiger charge is -2.52. The van der Waals surface area contributed by atoms with E-state index >= 15 is 0 Å². The van der Waals surface area contributed by atoms with Crippen molar-refractivity contribution < 1.29 is 14.0 Å². The molecular weight excluding hydrogens is 324 g/mol. The zero-order valence-electron chi connectivity index (χ0n) is 12.5. The van der Waals surface area contributed by atoms with Gasteiger partial charge in [0.2, 0.25) is 0 Å². The highest BCUT2D eigenvalue weighted by Gasteiger charge is 2.60. The molecule has 1 saturated carbocycles. The molecule has 0 amide bonds. The lowest BCUT2D eigenvalue weighted by Crippen LogP contribution is -2.65. The molecule has 4 aliphatic rings. The minimum Gasteiger partial charge on any atom is -0.409 e. The van der Waals surface area contributed by atoms with Crippen LogP contribution in [0.3, 0.4) is 0 Å². The lowest BCUT2D eigenvalue weighted by atomic mass is 9.76. The number of nitrogens with one attached hydrogen (secondary N) is 1. The van der Waals surface area contributed by atoms with Crippen molar-refractivity contribution in [2.75, 3.05) is 13.1 Å². The fraction of sp³-hybridized carbons (Fsp3) is 0.562. The predicted octanol–water partition coefficient (Wildman–Crippen LogP) is 2.97. The molecule has 23 heavy (non-hydrogen) atoms. The van der Waals surface area contributed by atoms with Gasteiger partial charge in [-0.1, -0.05) is 16.8 Å². The monoisotopic (exact) mass is 341 g/mol. The minimum atomic E-state index is -0.735. The van der Waals surface area contributed by atoms with E-state index in [1.807, 2.05) is 0 Å².